The zero-order chi connectivity index (χ0) is 26.8. The van der Waals surface area contributed by atoms with Crippen LogP contribution < -0.4 is 0 Å². The predicted molar refractivity (Wildman–Crippen MR) is 152 cm³/mol. The Bertz CT molecular complexity index is 832. The topological polar surface area (TPSA) is 65.0 Å². The molecule has 0 saturated heterocycles. The molecule has 1 aromatic carbocycles. The van der Waals surface area contributed by atoms with E-state index in [0.717, 1.165) is 5.75 Å². The number of aliphatic hydroxyl groups is 1. The molecule has 2 rings (SSSR count). The molecule has 8 heteroatoms. The number of thioether (sulfide) groups is 1. The lowest BCUT2D eigenvalue weighted by Gasteiger charge is -2.41. The summed E-state index contributed by atoms with van der Waals surface area (Å²) in [6, 6.07) is 10.2. The maximum Gasteiger partial charge on any atom is 0.312 e. The van der Waals surface area contributed by atoms with Gasteiger partial charge in [0.1, 0.15) is 6.10 Å². The molecule has 1 fully saturated rings. The third-order valence-electron chi connectivity index (χ3n) is 8.02. The Morgan fingerprint density at radius 2 is 1.40 bits per heavy atom. The van der Waals surface area contributed by atoms with Crippen molar-refractivity contribution in [1.82, 2.24) is 0 Å². The molecule has 0 unspecified atom stereocenters. The Morgan fingerprint density at radius 3 is 1.86 bits per heavy atom. The number of benzene rings is 1. The lowest BCUT2D eigenvalue weighted by molar-refractivity contribution is -0.151. The van der Waals surface area contributed by atoms with Gasteiger partial charge in [-0.05, 0) is 48.8 Å². The second-order valence-corrected chi connectivity index (χ2v) is 23.4. The van der Waals surface area contributed by atoms with E-state index in [-0.39, 0.29) is 21.3 Å². The molecule has 0 aromatic heterocycles. The number of hydrogen-bond donors (Lipinski definition) is 1. The fraction of sp³-hybridized carbons (Fsp3) is 0.741. The van der Waals surface area contributed by atoms with Gasteiger partial charge in [-0.3, -0.25) is 4.79 Å². The molecule has 0 spiro atoms. The van der Waals surface area contributed by atoms with Crippen molar-refractivity contribution in [1.29, 1.82) is 0 Å². The molecule has 1 aliphatic carbocycles. The van der Waals surface area contributed by atoms with Crippen molar-refractivity contribution in [3.63, 3.8) is 0 Å². The second-order valence-electron chi connectivity index (χ2n) is 12.7. The van der Waals surface area contributed by atoms with Crippen molar-refractivity contribution in [2.75, 3.05) is 6.61 Å². The highest BCUT2D eigenvalue weighted by Crippen LogP contribution is 2.48. The fourth-order valence-corrected chi connectivity index (χ4v) is 7.97. The van der Waals surface area contributed by atoms with E-state index in [1.54, 1.807) is 11.8 Å². The summed E-state index contributed by atoms with van der Waals surface area (Å²) in [4.78, 5) is 13.4. The number of esters is 1. The quantitative estimate of drug-likeness (QED) is 0.280. The van der Waals surface area contributed by atoms with E-state index in [9.17, 15) is 9.90 Å². The third-order valence-corrected chi connectivity index (χ3v) is 18.4. The maximum absolute atomic E-state index is 13.4. The average Bonchev–Trinajstić information content (AvgIpc) is 2.96. The summed E-state index contributed by atoms with van der Waals surface area (Å²) < 4.78 is 19.2. The molecule has 5 atom stereocenters. The first-order valence-electron chi connectivity index (χ1n) is 12.8. The fourth-order valence-electron chi connectivity index (χ4n) is 3.77. The highest BCUT2D eigenvalue weighted by Gasteiger charge is 2.59. The van der Waals surface area contributed by atoms with Crippen LogP contribution in [-0.2, 0) is 24.1 Å². The summed E-state index contributed by atoms with van der Waals surface area (Å²) in [5.74, 6) is -0.178. The smallest absolute Gasteiger partial charge is 0.312 e. The minimum Gasteiger partial charge on any atom is -0.466 e. The monoisotopic (exact) mass is 540 g/mol. The SMILES string of the molecule is CCOC(=O)[C@@H]1[C@H](O[Si](C)(C)C(C)(C)C)[C@H](O)[C@@H](O[Si](C)(C)C(C)(C)C)[C@H]1SCc1ccccc1. The zero-order valence-corrected chi connectivity index (χ0v) is 26.5. The van der Waals surface area contributed by atoms with Crippen molar-refractivity contribution in [2.45, 2.75) is 114 Å². The van der Waals surface area contributed by atoms with Gasteiger partial charge in [-0.15, -0.1) is 0 Å². The van der Waals surface area contributed by atoms with Gasteiger partial charge in [0.15, 0.2) is 16.6 Å². The van der Waals surface area contributed by atoms with Crippen molar-refractivity contribution in [2.24, 2.45) is 5.92 Å². The number of aliphatic hydroxyl groups excluding tert-OH is 1. The normalized spacial score (nSPS) is 26.1. The molecule has 1 N–H and O–H groups in total. The number of hydrogen-bond acceptors (Lipinski definition) is 6. The van der Waals surface area contributed by atoms with E-state index in [1.165, 1.54) is 5.56 Å². The number of carbonyl (C=O) groups is 1. The van der Waals surface area contributed by atoms with Crippen LogP contribution in [0.25, 0.3) is 0 Å². The molecule has 0 bridgehead atoms. The Balaban J connectivity index is 2.51. The van der Waals surface area contributed by atoms with Gasteiger partial charge in [-0.2, -0.15) is 11.8 Å². The van der Waals surface area contributed by atoms with E-state index in [2.05, 4.69) is 79.9 Å². The highest BCUT2D eigenvalue weighted by molar-refractivity contribution is 7.99. The van der Waals surface area contributed by atoms with Crippen LogP contribution in [0, 0.1) is 5.92 Å². The summed E-state index contributed by atoms with van der Waals surface area (Å²) >= 11 is 1.67. The number of rotatable bonds is 9. The van der Waals surface area contributed by atoms with E-state index in [0.29, 0.717) is 6.61 Å². The van der Waals surface area contributed by atoms with Gasteiger partial charge in [-0.1, -0.05) is 71.9 Å². The first-order chi connectivity index (χ1) is 15.9. The molecular formula is C27H48O5SSi2. The molecule has 5 nitrogen and oxygen atoms in total. The molecule has 0 aliphatic heterocycles. The van der Waals surface area contributed by atoms with E-state index in [4.69, 9.17) is 13.6 Å². The van der Waals surface area contributed by atoms with Crippen LogP contribution in [-0.4, -0.2) is 57.9 Å². The minimum atomic E-state index is -2.28. The number of carbonyl (C=O) groups excluding carboxylic acids is 1. The lowest BCUT2D eigenvalue weighted by atomic mass is 10.1. The van der Waals surface area contributed by atoms with Crippen LogP contribution in [0.1, 0.15) is 54.0 Å². The maximum atomic E-state index is 13.4. The van der Waals surface area contributed by atoms with E-state index >= 15 is 0 Å². The molecule has 1 aromatic rings. The van der Waals surface area contributed by atoms with Crippen molar-refractivity contribution >= 4 is 34.4 Å². The van der Waals surface area contributed by atoms with Crippen LogP contribution in [0.5, 0.6) is 0 Å². The summed E-state index contributed by atoms with van der Waals surface area (Å²) in [6.07, 6.45) is -2.06. The molecule has 1 aliphatic rings. The van der Waals surface area contributed by atoms with Crippen LogP contribution >= 0.6 is 11.8 Å². The van der Waals surface area contributed by atoms with Gasteiger partial charge in [0.2, 0.25) is 0 Å². The van der Waals surface area contributed by atoms with Gasteiger partial charge in [0, 0.05) is 11.0 Å². The highest BCUT2D eigenvalue weighted by atomic mass is 32.2. The Labute approximate surface area is 220 Å². The molecule has 1 saturated carbocycles. The number of ether oxygens (including phenoxy) is 1. The van der Waals surface area contributed by atoms with Gasteiger partial charge in [-0.25, -0.2) is 0 Å². The molecule has 0 heterocycles. The van der Waals surface area contributed by atoms with E-state index in [1.807, 2.05) is 25.1 Å². The third kappa shape index (κ3) is 7.23. The van der Waals surface area contributed by atoms with Crippen LogP contribution in [0.3, 0.4) is 0 Å². The summed E-state index contributed by atoms with van der Waals surface area (Å²) in [6.45, 7) is 23.9. The second kappa shape index (κ2) is 11.4. The van der Waals surface area contributed by atoms with Crippen molar-refractivity contribution in [3.8, 4) is 0 Å². The molecular weight excluding hydrogens is 493 g/mol. The zero-order valence-electron chi connectivity index (χ0n) is 23.7. The van der Waals surface area contributed by atoms with Crippen molar-refractivity contribution < 1.29 is 23.5 Å². The van der Waals surface area contributed by atoms with Crippen LogP contribution in [0.2, 0.25) is 36.3 Å². The minimum absolute atomic E-state index is 0.0286. The predicted octanol–water partition coefficient (Wildman–Crippen LogP) is 6.62. The summed E-state index contributed by atoms with van der Waals surface area (Å²) in [5.41, 5.74) is 1.18. The largest absolute Gasteiger partial charge is 0.466 e. The Kier molecular flexibility index (Phi) is 9.95. The van der Waals surface area contributed by atoms with Gasteiger partial charge < -0.3 is 18.7 Å². The summed E-state index contributed by atoms with van der Waals surface area (Å²) in [5, 5.41) is 11.4. The lowest BCUT2D eigenvalue weighted by Crippen LogP contribution is -2.51. The van der Waals surface area contributed by atoms with Gasteiger partial charge in [0.25, 0.3) is 0 Å². The Morgan fingerprint density at radius 1 is 0.914 bits per heavy atom. The summed E-state index contributed by atoms with van der Waals surface area (Å²) in [7, 11) is -4.52. The van der Waals surface area contributed by atoms with Crippen LogP contribution in [0.4, 0.5) is 0 Å². The molecule has 200 valence electrons. The first-order valence-corrected chi connectivity index (χ1v) is 19.7. The average molecular weight is 541 g/mol. The van der Waals surface area contributed by atoms with Gasteiger partial charge in [0.05, 0.1) is 24.7 Å². The van der Waals surface area contributed by atoms with E-state index < -0.39 is 40.9 Å². The molecule has 0 amide bonds. The molecule has 0 radical (unpaired) electrons. The van der Waals surface area contributed by atoms with Crippen LogP contribution in [0.15, 0.2) is 30.3 Å². The van der Waals surface area contributed by atoms with Crippen molar-refractivity contribution in [3.05, 3.63) is 35.9 Å². The Hall–Kier alpha value is -0.646. The standard InChI is InChI=1S/C27H48O5SSi2/c1-12-30-25(29)20-22(31-34(8,9)26(2,3)4)21(28)23(32-35(10,11)27(5,6)7)24(20)33-18-19-16-14-13-15-17-19/h13-17,20-24,28H,12,18H2,1-11H3/t20-,21+,22+,23-,24+/m1/s1. The molecule has 35 heavy (non-hydrogen) atoms. The first kappa shape index (κ1) is 30.6. The van der Waals surface area contributed by atoms with Gasteiger partial charge >= 0.3 is 5.97 Å².